The summed E-state index contributed by atoms with van der Waals surface area (Å²) < 4.78 is 0. The lowest BCUT2D eigenvalue weighted by molar-refractivity contribution is -0.122. The molecule has 1 aromatic rings. The van der Waals surface area contributed by atoms with E-state index in [0.29, 0.717) is 17.9 Å². The second kappa shape index (κ2) is 4.99. The van der Waals surface area contributed by atoms with Crippen molar-refractivity contribution >= 4 is 23.3 Å². The highest BCUT2D eigenvalue weighted by Gasteiger charge is 2.40. The summed E-state index contributed by atoms with van der Waals surface area (Å²) in [5.74, 6) is -0.00461. The third-order valence-electron chi connectivity index (χ3n) is 4.22. The molecule has 0 bridgehead atoms. The predicted octanol–water partition coefficient (Wildman–Crippen LogP) is 3.59. The molecule has 0 saturated carbocycles. The van der Waals surface area contributed by atoms with Crippen molar-refractivity contribution in [3.05, 3.63) is 46.1 Å². The lowest BCUT2D eigenvalue weighted by Crippen LogP contribution is -2.40. The Kier molecular flexibility index (Phi) is 3.40. The molecule has 1 heterocycles. The Labute approximate surface area is 129 Å². The van der Waals surface area contributed by atoms with E-state index in [4.69, 9.17) is 11.6 Å². The molecule has 0 radical (unpaired) electrons. The van der Waals surface area contributed by atoms with Gasteiger partial charge in [-0.25, -0.2) is 0 Å². The quantitative estimate of drug-likeness (QED) is 0.862. The van der Waals surface area contributed by atoms with Crippen LogP contribution in [0.15, 0.2) is 35.5 Å². The number of halogens is 1. The molecule has 1 aliphatic carbocycles. The average Bonchev–Trinajstić information content (AvgIpc) is 2.36. The van der Waals surface area contributed by atoms with Crippen LogP contribution in [0.5, 0.6) is 0 Å². The fourth-order valence-electron chi connectivity index (χ4n) is 3.34. The molecule has 21 heavy (non-hydrogen) atoms. The van der Waals surface area contributed by atoms with E-state index >= 15 is 0 Å². The molecule has 3 nitrogen and oxygen atoms in total. The molecule has 110 valence electrons. The van der Waals surface area contributed by atoms with E-state index in [1.54, 1.807) is 12.1 Å². The smallest absolute Gasteiger partial charge is 0.225 e. The number of carbonyl (C=O) groups excluding carboxylic acids is 2. The summed E-state index contributed by atoms with van der Waals surface area (Å²) in [5, 5.41) is 3.57. The third-order valence-corrected chi connectivity index (χ3v) is 4.47. The van der Waals surface area contributed by atoms with Gasteiger partial charge < -0.3 is 5.32 Å². The minimum atomic E-state index is -0.144. The number of rotatable bonds is 1. The van der Waals surface area contributed by atoms with Crippen LogP contribution in [0.4, 0.5) is 0 Å². The zero-order valence-electron chi connectivity index (χ0n) is 12.2. The molecular formula is C17H18ClNO2. The van der Waals surface area contributed by atoms with E-state index in [1.807, 2.05) is 12.1 Å². The van der Waals surface area contributed by atoms with Gasteiger partial charge >= 0.3 is 0 Å². The topological polar surface area (TPSA) is 46.2 Å². The van der Waals surface area contributed by atoms with Crippen molar-refractivity contribution in [2.45, 2.75) is 39.0 Å². The molecule has 1 amide bonds. The summed E-state index contributed by atoms with van der Waals surface area (Å²) in [4.78, 5) is 24.6. The first-order chi connectivity index (χ1) is 9.85. The summed E-state index contributed by atoms with van der Waals surface area (Å²) in [6.07, 6.45) is 1.60. The van der Waals surface area contributed by atoms with Crippen LogP contribution in [0.1, 0.15) is 44.6 Å². The number of hydrogen-bond donors (Lipinski definition) is 1. The normalized spacial score (nSPS) is 24.6. The minimum Gasteiger partial charge on any atom is -0.329 e. The van der Waals surface area contributed by atoms with Gasteiger partial charge in [0.05, 0.1) is 0 Å². The van der Waals surface area contributed by atoms with Gasteiger partial charge in [0.2, 0.25) is 5.91 Å². The van der Waals surface area contributed by atoms with Crippen LogP contribution in [-0.2, 0) is 9.59 Å². The third kappa shape index (κ3) is 2.75. The summed E-state index contributed by atoms with van der Waals surface area (Å²) >= 11 is 5.92. The molecule has 3 rings (SSSR count). The second-order valence-electron chi connectivity index (χ2n) is 6.69. The fourth-order valence-corrected chi connectivity index (χ4v) is 3.46. The largest absolute Gasteiger partial charge is 0.329 e. The maximum atomic E-state index is 12.6. The summed E-state index contributed by atoms with van der Waals surface area (Å²) in [5.41, 5.74) is 2.49. The van der Waals surface area contributed by atoms with Crippen LogP contribution < -0.4 is 5.32 Å². The van der Waals surface area contributed by atoms with Crippen molar-refractivity contribution in [1.29, 1.82) is 0 Å². The van der Waals surface area contributed by atoms with Gasteiger partial charge in [-0.1, -0.05) is 37.6 Å². The molecule has 0 spiro atoms. The van der Waals surface area contributed by atoms with Crippen LogP contribution in [0, 0.1) is 5.41 Å². The number of benzene rings is 1. The number of nitrogens with one attached hydrogen (secondary N) is 1. The molecule has 1 aliphatic heterocycles. The Balaban J connectivity index is 2.06. The molecule has 0 unspecified atom stereocenters. The zero-order valence-corrected chi connectivity index (χ0v) is 13.0. The molecule has 1 atom stereocenters. The van der Waals surface area contributed by atoms with Gasteiger partial charge in [0.15, 0.2) is 5.78 Å². The van der Waals surface area contributed by atoms with Crippen molar-refractivity contribution in [2.75, 3.05) is 0 Å². The second-order valence-corrected chi connectivity index (χ2v) is 7.13. The average molecular weight is 304 g/mol. The van der Waals surface area contributed by atoms with Crippen molar-refractivity contribution in [3.8, 4) is 0 Å². The van der Waals surface area contributed by atoms with Crippen molar-refractivity contribution in [1.82, 2.24) is 5.32 Å². The van der Waals surface area contributed by atoms with E-state index in [9.17, 15) is 9.59 Å². The molecule has 1 N–H and O–H groups in total. The number of Topliss-reactive ketones (excluding diaryl/α,β-unsaturated/α-hetero) is 1. The van der Waals surface area contributed by atoms with E-state index in [0.717, 1.165) is 23.3 Å². The van der Waals surface area contributed by atoms with Gasteiger partial charge in [-0.05, 0) is 29.5 Å². The highest BCUT2D eigenvalue weighted by Crippen LogP contribution is 2.43. The highest BCUT2D eigenvalue weighted by atomic mass is 35.5. The predicted molar refractivity (Wildman–Crippen MR) is 82.0 cm³/mol. The highest BCUT2D eigenvalue weighted by molar-refractivity contribution is 6.30. The fraction of sp³-hybridized carbons (Fsp3) is 0.412. The summed E-state index contributed by atoms with van der Waals surface area (Å²) in [6.45, 7) is 4.12. The molecule has 4 heteroatoms. The van der Waals surface area contributed by atoms with E-state index in [1.165, 1.54) is 0 Å². The number of allylic oxidation sites excluding steroid dienone is 2. The summed E-state index contributed by atoms with van der Waals surface area (Å²) in [7, 11) is 0. The van der Waals surface area contributed by atoms with Crippen LogP contribution in [0.2, 0.25) is 5.02 Å². The first-order valence-electron chi connectivity index (χ1n) is 7.17. The van der Waals surface area contributed by atoms with Gasteiger partial charge in [-0.3, -0.25) is 9.59 Å². The van der Waals surface area contributed by atoms with Crippen molar-refractivity contribution in [2.24, 2.45) is 5.41 Å². The first-order valence-corrected chi connectivity index (χ1v) is 7.55. The van der Waals surface area contributed by atoms with Gasteiger partial charge in [-0.15, -0.1) is 0 Å². The monoisotopic (exact) mass is 303 g/mol. The minimum absolute atomic E-state index is 0.0146. The molecular weight excluding hydrogens is 286 g/mol. The van der Waals surface area contributed by atoms with E-state index in [-0.39, 0.29) is 23.0 Å². The Morgan fingerprint density at radius 3 is 2.48 bits per heavy atom. The van der Waals surface area contributed by atoms with Gasteiger partial charge in [0.25, 0.3) is 0 Å². The van der Waals surface area contributed by atoms with Crippen molar-refractivity contribution in [3.63, 3.8) is 0 Å². The van der Waals surface area contributed by atoms with E-state index in [2.05, 4.69) is 19.2 Å². The summed E-state index contributed by atoms with van der Waals surface area (Å²) in [6, 6.07) is 7.42. The Hall–Kier alpha value is -1.61. The molecule has 1 aromatic carbocycles. The number of ketones is 1. The zero-order chi connectivity index (χ0) is 15.2. The number of hydrogen-bond acceptors (Lipinski definition) is 2. The molecule has 0 saturated heterocycles. The molecule has 0 aromatic heterocycles. The van der Waals surface area contributed by atoms with Gasteiger partial charge in [-0.2, -0.15) is 0 Å². The van der Waals surface area contributed by atoms with Gasteiger partial charge in [0.1, 0.15) is 0 Å². The SMILES string of the molecule is CC1(C)CC(=O)C2=C(C1)NC(=O)C[C@@H]2c1ccc(Cl)cc1. The van der Waals surface area contributed by atoms with Crippen LogP contribution >= 0.6 is 11.6 Å². The maximum absolute atomic E-state index is 12.6. The number of carbonyl (C=O) groups is 2. The maximum Gasteiger partial charge on any atom is 0.225 e. The lowest BCUT2D eigenvalue weighted by Gasteiger charge is -2.37. The lowest BCUT2D eigenvalue weighted by atomic mass is 9.70. The van der Waals surface area contributed by atoms with Crippen LogP contribution in [0.3, 0.4) is 0 Å². The molecule has 2 aliphatic rings. The Morgan fingerprint density at radius 2 is 1.81 bits per heavy atom. The first kappa shape index (κ1) is 14.3. The Bertz CT molecular complexity index is 643. The Morgan fingerprint density at radius 1 is 1.14 bits per heavy atom. The van der Waals surface area contributed by atoms with Gasteiger partial charge in [0, 0.05) is 35.1 Å². The van der Waals surface area contributed by atoms with Crippen molar-refractivity contribution < 1.29 is 9.59 Å². The van der Waals surface area contributed by atoms with Crippen LogP contribution in [0.25, 0.3) is 0 Å². The number of amides is 1. The van der Waals surface area contributed by atoms with E-state index < -0.39 is 0 Å². The van der Waals surface area contributed by atoms with Crippen LogP contribution in [-0.4, -0.2) is 11.7 Å². The standard InChI is InChI=1S/C17H18ClNO2/c1-17(2)8-13-16(14(20)9-17)12(7-15(21)19-13)10-3-5-11(18)6-4-10/h3-6,12H,7-9H2,1-2H3,(H,19,21)/t12-/m1/s1. The molecule has 0 fully saturated rings.